The van der Waals surface area contributed by atoms with Crippen molar-refractivity contribution in [2.75, 3.05) is 20.6 Å². The normalized spacial score (nSPS) is 21.8. The third-order valence-electron chi connectivity index (χ3n) is 3.91. The molecule has 0 saturated carbocycles. The van der Waals surface area contributed by atoms with Crippen molar-refractivity contribution in [2.24, 2.45) is 5.92 Å². The zero-order valence-corrected chi connectivity index (χ0v) is 12.7. The maximum atomic E-state index is 12.5. The monoisotopic (exact) mass is 290 g/mol. The number of aliphatic carboxylic acids is 1. The zero-order chi connectivity index (χ0) is 15.6. The smallest absolute Gasteiger partial charge is 0.326 e. The number of carboxylic acid groups (broad SMARTS) is 1. The van der Waals surface area contributed by atoms with Crippen LogP contribution in [-0.2, 0) is 11.3 Å². The number of nitrogens with zero attached hydrogens (tertiary/aromatic N) is 2. The molecule has 1 amide bonds. The van der Waals surface area contributed by atoms with Gasteiger partial charge < -0.3 is 14.9 Å². The molecule has 0 spiro atoms. The van der Waals surface area contributed by atoms with E-state index in [4.69, 9.17) is 0 Å². The molecule has 114 valence electrons. The number of carbonyl (C=O) groups excluding carboxylic acids is 1. The molecule has 0 aromatic heterocycles. The van der Waals surface area contributed by atoms with E-state index in [0.717, 1.165) is 18.5 Å². The summed E-state index contributed by atoms with van der Waals surface area (Å²) in [5.74, 6) is -1.11. The van der Waals surface area contributed by atoms with Crippen molar-refractivity contribution < 1.29 is 14.7 Å². The van der Waals surface area contributed by atoms with Gasteiger partial charge in [-0.15, -0.1) is 0 Å². The first-order valence-electron chi connectivity index (χ1n) is 7.17. The Labute approximate surface area is 125 Å². The van der Waals surface area contributed by atoms with E-state index in [-0.39, 0.29) is 11.8 Å². The Morgan fingerprint density at radius 2 is 1.90 bits per heavy atom. The summed E-state index contributed by atoms with van der Waals surface area (Å²) < 4.78 is 0. The second-order valence-corrected chi connectivity index (χ2v) is 5.98. The SMILES string of the molecule is CC1CCN(C(=O)c2ccc(CN(C)C)cc2)C1C(=O)O. The fourth-order valence-electron chi connectivity index (χ4n) is 2.84. The summed E-state index contributed by atoms with van der Waals surface area (Å²) in [7, 11) is 3.98. The quantitative estimate of drug-likeness (QED) is 0.916. The third kappa shape index (κ3) is 3.42. The van der Waals surface area contributed by atoms with Crippen LogP contribution < -0.4 is 0 Å². The van der Waals surface area contributed by atoms with Crippen LogP contribution in [0.2, 0.25) is 0 Å². The molecule has 5 heteroatoms. The van der Waals surface area contributed by atoms with E-state index in [1.165, 1.54) is 4.90 Å². The minimum atomic E-state index is -0.919. The molecule has 2 unspecified atom stereocenters. The lowest BCUT2D eigenvalue weighted by Crippen LogP contribution is -2.42. The van der Waals surface area contributed by atoms with E-state index < -0.39 is 12.0 Å². The molecule has 1 saturated heterocycles. The van der Waals surface area contributed by atoms with Crippen LogP contribution in [-0.4, -0.2) is 53.5 Å². The number of carbonyl (C=O) groups is 2. The second-order valence-electron chi connectivity index (χ2n) is 5.98. The Hall–Kier alpha value is -1.88. The van der Waals surface area contributed by atoms with Crippen molar-refractivity contribution in [1.29, 1.82) is 0 Å². The number of benzene rings is 1. The maximum Gasteiger partial charge on any atom is 0.326 e. The molecule has 21 heavy (non-hydrogen) atoms. The van der Waals surface area contributed by atoms with E-state index in [1.807, 2.05) is 33.2 Å². The summed E-state index contributed by atoms with van der Waals surface area (Å²) in [4.78, 5) is 27.4. The number of carboxylic acids is 1. The molecule has 1 aliphatic heterocycles. The molecule has 0 bridgehead atoms. The Bertz CT molecular complexity index is 525. The van der Waals surface area contributed by atoms with Crippen LogP contribution in [0.5, 0.6) is 0 Å². The van der Waals surface area contributed by atoms with Gasteiger partial charge in [-0.2, -0.15) is 0 Å². The van der Waals surface area contributed by atoms with E-state index in [1.54, 1.807) is 12.1 Å². The average molecular weight is 290 g/mol. The van der Waals surface area contributed by atoms with Crippen LogP contribution in [0.4, 0.5) is 0 Å². The fourth-order valence-corrected chi connectivity index (χ4v) is 2.84. The molecule has 1 fully saturated rings. The molecule has 0 aliphatic carbocycles. The zero-order valence-electron chi connectivity index (χ0n) is 12.7. The van der Waals surface area contributed by atoms with Crippen molar-refractivity contribution in [1.82, 2.24) is 9.80 Å². The largest absolute Gasteiger partial charge is 0.480 e. The molecule has 5 nitrogen and oxygen atoms in total. The lowest BCUT2D eigenvalue weighted by atomic mass is 10.0. The number of amides is 1. The highest BCUT2D eigenvalue weighted by Crippen LogP contribution is 2.26. The lowest BCUT2D eigenvalue weighted by molar-refractivity contribution is -0.142. The van der Waals surface area contributed by atoms with E-state index in [0.29, 0.717) is 12.1 Å². The predicted molar refractivity (Wildman–Crippen MR) is 80.1 cm³/mol. The highest BCUT2D eigenvalue weighted by molar-refractivity contribution is 5.97. The summed E-state index contributed by atoms with van der Waals surface area (Å²) in [6, 6.07) is 6.69. The van der Waals surface area contributed by atoms with Gasteiger partial charge >= 0.3 is 5.97 Å². The molecule has 1 N–H and O–H groups in total. The number of hydrogen-bond donors (Lipinski definition) is 1. The van der Waals surface area contributed by atoms with Gasteiger partial charge in [-0.05, 0) is 44.1 Å². The first-order valence-corrected chi connectivity index (χ1v) is 7.17. The van der Waals surface area contributed by atoms with Crippen molar-refractivity contribution >= 4 is 11.9 Å². The van der Waals surface area contributed by atoms with Crippen molar-refractivity contribution in [2.45, 2.75) is 25.9 Å². The van der Waals surface area contributed by atoms with Crippen LogP contribution in [0.25, 0.3) is 0 Å². The Kier molecular flexibility index (Phi) is 4.63. The summed E-state index contributed by atoms with van der Waals surface area (Å²) in [5, 5.41) is 9.29. The van der Waals surface area contributed by atoms with Crippen LogP contribution in [0.3, 0.4) is 0 Å². The summed E-state index contributed by atoms with van der Waals surface area (Å²) in [5.41, 5.74) is 1.68. The van der Waals surface area contributed by atoms with Gasteiger partial charge in [0.15, 0.2) is 0 Å². The Morgan fingerprint density at radius 3 is 2.43 bits per heavy atom. The second kappa shape index (κ2) is 6.26. The Balaban J connectivity index is 2.14. The number of rotatable bonds is 4. The third-order valence-corrected chi connectivity index (χ3v) is 3.91. The van der Waals surface area contributed by atoms with Crippen LogP contribution in [0.15, 0.2) is 24.3 Å². The van der Waals surface area contributed by atoms with Crippen molar-refractivity contribution in [3.05, 3.63) is 35.4 Å². The van der Waals surface area contributed by atoms with Gasteiger partial charge in [0.25, 0.3) is 5.91 Å². The molecule has 1 aromatic carbocycles. The Morgan fingerprint density at radius 1 is 1.29 bits per heavy atom. The molecular formula is C16H22N2O3. The molecule has 0 radical (unpaired) electrons. The number of likely N-dealkylation sites (tertiary alicyclic amines) is 1. The van der Waals surface area contributed by atoms with Crippen LogP contribution >= 0.6 is 0 Å². The molecule has 2 atom stereocenters. The van der Waals surface area contributed by atoms with Gasteiger partial charge in [-0.1, -0.05) is 19.1 Å². The van der Waals surface area contributed by atoms with Gasteiger partial charge in [0.2, 0.25) is 0 Å². The molecule has 1 aliphatic rings. The summed E-state index contributed by atoms with van der Waals surface area (Å²) in [6.07, 6.45) is 0.738. The minimum absolute atomic E-state index is 0.000496. The van der Waals surface area contributed by atoms with Crippen LogP contribution in [0, 0.1) is 5.92 Å². The standard InChI is InChI=1S/C16H22N2O3/c1-11-8-9-18(14(11)16(20)21)15(19)13-6-4-12(5-7-13)10-17(2)3/h4-7,11,14H,8-10H2,1-3H3,(H,20,21). The van der Waals surface area contributed by atoms with E-state index in [9.17, 15) is 14.7 Å². The van der Waals surface area contributed by atoms with Crippen molar-refractivity contribution in [3.8, 4) is 0 Å². The highest BCUT2D eigenvalue weighted by Gasteiger charge is 2.39. The molecule has 2 rings (SSSR count). The average Bonchev–Trinajstić information content (AvgIpc) is 2.80. The van der Waals surface area contributed by atoms with Gasteiger partial charge in [-0.25, -0.2) is 4.79 Å². The van der Waals surface area contributed by atoms with Gasteiger partial charge in [-0.3, -0.25) is 4.79 Å². The lowest BCUT2D eigenvalue weighted by Gasteiger charge is -2.23. The van der Waals surface area contributed by atoms with Gasteiger partial charge in [0.05, 0.1) is 0 Å². The van der Waals surface area contributed by atoms with E-state index >= 15 is 0 Å². The highest BCUT2D eigenvalue weighted by atomic mass is 16.4. The first-order chi connectivity index (χ1) is 9.90. The van der Waals surface area contributed by atoms with Crippen molar-refractivity contribution in [3.63, 3.8) is 0 Å². The van der Waals surface area contributed by atoms with E-state index in [2.05, 4.69) is 4.90 Å². The summed E-state index contributed by atoms with van der Waals surface area (Å²) >= 11 is 0. The number of hydrogen-bond acceptors (Lipinski definition) is 3. The first kappa shape index (κ1) is 15.5. The van der Waals surface area contributed by atoms with Gasteiger partial charge in [0.1, 0.15) is 6.04 Å². The topological polar surface area (TPSA) is 60.9 Å². The molecular weight excluding hydrogens is 268 g/mol. The summed E-state index contributed by atoms with van der Waals surface area (Å²) in [6.45, 7) is 3.20. The fraction of sp³-hybridized carbons (Fsp3) is 0.500. The van der Waals surface area contributed by atoms with Gasteiger partial charge in [0, 0.05) is 18.7 Å². The molecule has 1 heterocycles. The minimum Gasteiger partial charge on any atom is -0.480 e. The predicted octanol–water partition coefficient (Wildman–Crippen LogP) is 1.68. The van der Waals surface area contributed by atoms with Crippen LogP contribution in [0.1, 0.15) is 29.3 Å². The molecule has 1 aromatic rings. The maximum absolute atomic E-state index is 12.5.